The highest BCUT2D eigenvalue weighted by Gasteiger charge is 2.16. The normalized spacial score (nSPS) is 17.7. The molecule has 21 heavy (non-hydrogen) atoms. The first kappa shape index (κ1) is 16.3. The molecule has 1 aromatic heterocycles. The maximum atomic E-state index is 4.30. The van der Waals surface area contributed by atoms with Crippen molar-refractivity contribution in [3.8, 4) is 0 Å². The number of rotatable bonds is 5. The Morgan fingerprint density at radius 2 is 2.24 bits per heavy atom. The summed E-state index contributed by atoms with van der Waals surface area (Å²) in [5.74, 6) is 1.51. The predicted octanol–water partition coefficient (Wildman–Crippen LogP) is 2.32. The van der Waals surface area contributed by atoms with Gasteiger partial charge in [0.2, 0.25) is 0 Å². The fraction of sp³-hybridized carbons (Fsp3) is 0.688. The monoisotopic (exact) mass is 308 g/mol. The maximum absolute atomic E-state index is 4.30. The van der Waals surface area contributed by atoms with E-state index in [4.69, 9.17) is 0 Å². The summed E-state index contributed by atoms with van der Waals surface area (Å²) in [6.07, 6.45) is 1.20. The largest absolute Gasteiger partial charge is 0.355 e. The van der Waals surface area contributed by atoms with Crippen molar-refractivity contribution in [1.29, 1.82) is 0 Å². The highest BCUT2D eigenvalue weighted by Crippen LogP contribution is 2.23. The van der Waals surface area contributed by atoms with E-state index in [1.165, 1.54) is 18.5 Å². The van der Waals surface area contributed by atoms with Crippen LogP contribution in [0.25, 0.3) is 0 Å². The molecule has 0 spiro atoms. The van der Waals surface area contributed by atoms with Gasteiger partial charge in [-0.15, -0.1) is 11.3 Å². The van der Waals surface area contributed by atoms with Crippen LogP contribution in [0.2, 0.25) is 0 Å². The fourth-order valence-corrected chi connectivity index (χ4v) is 3.30. The first-order valence-corrected chi connectivity index (χ1v) is 8.73. The van der Waals surface area contributed by atoms with E-state index in [-0.39, 0.29) is 0 Å². The molecule has 5 heteroatoms. The molecule has 1 aliphatic rings. The Hall–Kier alpha value is -1.07. The Bertz CT molecular complexity index is 467. The predicted molar refractivity (Wildman–Crippen MR) is 92.1 cm³/mol. The summed E-state index contributed by atoms with van der Waals surface area (Å²) in [4.78, 5) is 8.39. The van der Waals surface area contributed by atoms with E-state index in [2.05, 4.69) is 52.7 Å². The third-order valence-electron chi connectivity index (χ3n) is 4.20. The summed E-state index contributed by atoms with van der Waals surface area (Å²) in [5.41, 5.74) is 1.52. The second-order valence-electron chi connectivity index (χ2n) is 6.07. The molecule has 2 rings (SSSR count). The lowest BCUT2D eigenvalue weighted by molar-refractivity contribution is 0.260. The van der Waals surface area contributed by atoms with E-state index in [0.29, 0.717) is 12.0 Å². The highest BCUT2D eigenvalue weighted by atomic mass is 32.1. The zero-order chi connectivity index (χ0) is 15.2. The number of hydrogen-bond acceptors (Lipinski definition) is 3. The van der Waals surface area contributed by atoms with E-state index in [1.807, 2.05) is 18.4 Å². The smallest absolute Gasteiger partial charge is 0.191 e. The van der Waals surface area contributed by atoms with Crippen LogP contribution in [0.5, 0.6) is 0 Å². The lowest BCUT2D eigenvalue weighted by atomic mass is 10.1. The first-order chi connectivity index (χ1) is 10.1. The number of thiophene rings is 1. The summed E-state index contributed by atoms with van der Waals surface area (Å²) in [6, 6.07) is 2.70. The molecular formula is C16H28N4S. The second kappa shape index (κ2) is 7.80. The molecule has 0 fully saturated rings. The third kappa shape index (κ3) is 4.71. The van der Waals surface area contributed by atoms with Gasteiger partial charge in [0.25, 0.3) is 0 Å². The minimum absolute atomic E-state index is 0.430. The quantitative estimate of drug-likeness (QED) is 0.648. The Morgan fingerprint density at radius 3 is 2.95 bits per heavy atom. The van der Waals surface area contributed by atoms with Crippen molar-refractivity contribution in [3.05, 3.63) is 21.9 Å². The lowest BCUT2D eigenvalue weighted by Crippen LogP contribution is -2.46. The van der Waals surface area contributed by atoms with E-state index in [9.17, 15) is 0 Å². The van der Waals surface area contributed by atoms with Crippen LogP contribution in [0.15, 0.2) is 16.4 Å². The van der Waals surface area contributed by atoms with Crippen molar-refractivity contribution >= 4 is 17.3 Å². The molecule has 1 atom stereocenters. The molecule has 4 nitrogen and oxygen atoms in total. The van der Waals surface area contributed by atoms with Crippen LogP contribution in [0.4, 0.5) is 0 Å². The topological polar surface area (TPSA) is 39.7 Å². The molecule has 0 aromatic carbocycles. The third-order valence-corrected chi connectivity index (χ3v) is 5.22. The van der Waals surface area contributed by atoms with Gasteiger partial charge in [0, 0.05) is 44.1 Å². The first-order valence-electron chi connectivity index (χ1n) is 7.85. The molecule has 0 saturated carbocycles. The van der Waals surface area contributed by atoms with Crippen molar-refractivity contribution in [3.63, 3.8) is 0 Å². The Balaban J connectivity index is 1.72. The summed E-state index contributed by atoms with van der Waals surface area (Å²) in [7, 11) is 1.83. The van der Waals surface area contributed by atoms with Crippen molar-refractivity contribution in [2.45, 2.75) is 39.8 Å². The number of nitrogens with one attached hydrogen (secondary N) is 2. The van der Waals surface area contributed by atoms with E-state index >= 15 is 0 Å². The molecule has 1 unspecified atom stereocenters. The summed E-state index contributed by atoms with van der Waals surface area (Å²) < 4.78 is 0. The van der Waals surface area contributed by atoms with Gasteiger partial charge in [-0.2, -0.15) is 0 Å². The average molecular weight is 308 g/mol. The molecule has 2 N–H and O–H groups in total. The number of guanidine groups is 1. The Morgan fingerprint density at radius 1 is 1.43 bits per heavy atom. The van der Waals surface area contributed by atoms with Crippen LogP contribution in [-0.4, -0.2) is 43.6 Å². The Labute approximate surface area is 132 Å². The van der Waals surface area contributed by atoms with Crippen LogP contribution in [0, 0.1) is 5.92 Å². The minimum atomic E-state index is 0.430. The van der Waals surface area contributed by atoms with Crippen LogP contribution in [0.1, 0.15) is 31.2 Å². The molecule has 0 aliphatic carbocycles. The second-order valence-corrected chi connectivity index (χ2v) is 7.07. The van der Waals surface area contributed by atoms with Crippen molar-refractivity contribution in [2.24, 2.45) is 10.9 Å². The molecule has 0 saturated heterocycles. The zero-order valence-electron chi connectivity index (χ0n) is 13.6. The molecule has 118 valence electrons. The van der Waals surface area contributed by atoms with E-state index < -0.39 is 0 Å². The van der Waals surface area contributed by atoms with Gasteiger partial charge in [0.05, 0.1) is 0 Å². The number of fused-ring (bicyclic) bond motifs is 1. The van der Waals surface area contributed by atoms with Crippen LogP contribution < -0.4 is 10.6 Å². The molecule has 2 heterocycles. The van der Waals surface area contributed by atoms with Crippen molar-refractivity contribution in [2.75, 3.05) is 26.7 Å². The van der Waals surface area contributed by atoms with Gasteiger partial charge in [-0.1, -0.05) is 13.8 Å². The molecule has 1 aromatic rings. The van der Waals surface area contributed by atoms with Crippen LogP contribution >= 0.6 is 11.3 Å². The van der Waals surface area contributed by atoms with Crippen LogP contribution in [0.3, 0.4) is 0 Å². The molecule has 1 aliphatic heterocycles. The van der Waals surface area contributed by atoms with Gasteiger partial charge in [-0.05, 0) is 36.3 Å². The number of hydrogen-bond donors (Lipinski definition) is 2. The zero-order valence-corrected chi connectivity index (χ0v) is 14.5. The standard InChI is InChI=1S/C16H28N4S/c1-12(2)13(3)19-16(17-4)18-7-9-20-8-5-15-14(11-20)6-10-21-15/h6,10,12-13H,5,7-9,11H2,1-4H3,(H2,17,18,19). The van der Waals surface area contributed by atoms with Crippen molar-refractivity contribution < 1.29 is 0 Å². The van der Waals surface area contributed by atoms with Gasteiger partial charge >= 0.3 is 0 Å². The average Bonchev–Trinajstić information content (AvgIpc) is 2.93. The highest BCUT2D eigenvalue weighted by molar-refractivity contribution is 7.10. The molecule has 0 amide bonds. The maximum Gasteiger partial charge on any atom is 0.191 e. The SMILES string of the molecule is CN=C(NCCN1CCc2sccc2C1)NC(C)C(C)C. The van der Waals surface area contributed by atoms with E-state index in [0.717, 1.165) is 25.6 Å². The Kier molecular flexibility index (Phi) is 6.06. The number of nitrogens with zero attached hydrogens (tertiary/aromatic N) is 2. The minimum Gasteiger partial charge on any atom is -0.355 e. The summed E-state index contributed by atoms with van der Waals surface area (Å²) in [5, 5.41) is 9.07. The van der Waals surface area contributed by atoms with Gasteiger partial charge < -0.3 is 10.6 Å². The van der Waals surface area contributed by atoms with Crippen LogP contribution in [-0.2, 0) is 13.0 Å². The summed E-state index contributed by atoms with van der Waals surface area (Å²) in [6.45, 7) is 10.9. The fourth-order valence-electron chi connectivity index (χ4n) is 2.41. The van der Waals surface area contributed by atoms with Gasteiger partial charge in [0.1, 0.15) is 0 Å². The van der Waals surface area contributed by atoms with Gasteiger partial charge in [0.15, 0.2) is 5.96 Å². The van der Waals surface area contributed by atoms with Gasteiger partial charge in [-0.25, -0.2) is 0 Å². The van der Waals surface area contributed by atoms with Crippen molar-refractivity contribution in [1.82, 2.24) is 15.5 Å². The molecular weight excluding hydrogens is 280 g/mol. The van der Waals surface area contributed by atoms with Gasteiger partial charge in [-0.3, -0.25) is 9.89 Å². The van der Waals surface area contributed by atoms with E-state index in [1.54, 1.807) is 4.88 Å². The summed E-state index contributed by atoms with van der Waals surface area (Å²) >= 11 is 1.90. The lowest BCUT2D eigenvalue weighted by Gasteiger charge is -2.27. The molecule has 0 radical (unpaired) electrons. The molecule has 0 bridgehead atoms. The number of aliphatic imine (C=N–C) groups is 1.